The minimum atomic E-state index is -0.418. The van der Waals surface area contributed by atoms with E-state index < -0.39 is 5.97 Å². The molecular weight excluding hydrogens is 372 g/mol. The molecule has 0 unspecified atom stereocenters. The van der Waals surface area contributed by atoms with Crippen LogP contribution in [-0.4, -0.2) is 15.9 Å². The van der Waals surface area contributed by atoms with Gasteiger partial charge in [-0.1, -0.05) is 75.9 Å². The molecule has 3 aromatic rings. The van der Waals surface area contributed by atoms with E-state index in [1.54, 1.807) is 6.20 Å². The second-order valence-corrected chi connectivity index (χ2v) is 7.54. The average Bonchev–Trinajstić information content (AvgIpc) is 2.80. The van der Waals surface area contributed by atoms with Crippen LogP contribution in [0.2, 0.25) is 0 Å². The fraction of sp³-hybridized carbons (Fsp3) is 0.346. The molecule has 0 amide bonds. The number of unbranched alkanes of at least 4 members (excludes halogenated alkanes) is 4. The van der Waals surface area contributed by atoms with Gasteiger partial charge in [-0.15, -0.1) is 0 Å². The molecule has 1 aromatic heterocycles. The normalized spacial score (nSPS) is 10.7. The smallest absolute Gasteiger partial charge is 0.344 e. The van der Waals surface area contributed by atoms with Crippen molar-refractivity contribution in [2.75, 3.05) is 0 Å². The molecule has 0 spiro atoms. The summed E-state index contributed by atoms with van der Waals surface area (Å²) in [6, 6.07) is 15.9. The van der Waals surface area contributed by atoms with Gasteiger partial charge in [0, 0.05) is 5.56 Å². The van der Waals surface area contributed by atoms with E-state index in [0.29, 0.717) is 5.56 Å². The number of carbonyl (C=O) groups excluding carboxylic acids is 1. The number of carbonyl (C=O) groups is 1. The molecule has 30 heavy (non-hydrogen) atoms. The topological polar surface area (TPSA) is 52.1 Å². The molecule has 1 heterocycles. The highest BCUT2D eigenvalue weighted by atomic mass is 16.5. The van der Waals surface area contributed by atoms with E-state index in [0.717, 1.165) is 24.1 Å². The van der Waals surface area contributed by atoms with Crippen molar-refractivity contribution in [3.63, 3.8) is 0 Å². The standard InChI is InChI=1S/C26H30N2O2/c1-3-5-6-7-8-9-21-12-16-23(17-13-21)26(29)30-25-19-27-24(18-28-25)22-14-10-20(4-2)11-15-22/h10-19H,3-9H2,1-2H3. The van der Waals surface area contributed by atoms with Crippen molar-refractivity contribution in [1.82, 2.24) is 9.97 Å². The maximum atomic E-state index is 12.4. The first-order valence-electron chi connectivity index (χ1n) is 10.9. The molecule has 4 heteroatoms. The Morgan fingerprint density at radius 1 is 0.800 bits per heavy atom. The van der Waals surface area contributed by atoms with Crippen molar-refractivity contribution < 1.29 is 9.53 Å². The summed E-state index contributed by atoms with van der Waals surface area (Å²) in [4.78, 5) is 21.0. The second-order valence-electron chi connectivity index (χ2n) is 7.54. The van der Waals surface area contributed by atoms with Crippen LogP contribution in [0.25, 0.3) is 11.3 Å². The molecule has 0 N–H and O–H groups in total. The zero-order valence-corrected chi connectivity index (χ0v) is 17.9. The van der Waals surface area contributed by atoms with Gasteiger partial charge in [-0.25, -0.2) is 14.8 Å². The summed E-state index contributed by atoms with van der Waals surface area (Å²) >= 11 is 0. The average molecular weight is 403 g/mol. The SMILES string of the molecule is CCCCCCCc1ccc(C(=O)Oc2cnc(-c3ccc(CC)cc3)cn2)cc1. The Bertz CT molecular complexity index is 917. The van der Waals surface area contributed by atoms with Crippen LogP contribution >= 0.6 is 0 Å². The van der Waals surface area contributed by atoms with Crippen molar-refractivity contribution in [1.29, 1.82) is 0 Å². The van der Waals surface area contributed by atoms with Gasteiger partial charge in [-0.3, -0.25) is 0 Å². The highest BCUT2D eigenvalue weighted by molar-refractivity contribution is 5.90. The first-order valence-corrected chi connectivity index (χ1v) is 10.9. The molecule has 0 saturated carbocycles. The third-order valence-corrected chi connectivity index (χ3v) is 5.24. The first-order chi connectivity index (χ1) is 14.7. The van der Waals surface area contributed by atoms with Gasteiger partial charge in [0.25, 0.3) is 0 Å². The van der Waals surface area contributed by atoms with Gasteiger partial charge >= 0.3 is 5.97 Å². The first kappa shape index (κ1) is 21.7. The molecule has 0 saturated heterocycles. The molecule has 0 aliphatic heterocycles. The Kier molecular flexibility index (Phi) is 8.13. The molecule has 0 radical (unpaired) electrons. The maximum Gasteiger partial charge on any atom is 0.344 e. The molecular formula is C26H30N2O2. The van der Waals surface area contributed by atoms with Crippen LogP contribution in [0.1, 0.15) is 67.4 Å². The predicted molar refractivity (Wildman–Crippen MR) is 121 cm³/mol. The lowest BCUT2D eigenvalue weighted by atomic mass is 10.0. The number of hydrogen-bond donors (Lipinski definition) is 0. The van der Waals surface area contributed by atoms with Crippen molar-refractivity contribution in [3.05, 3.63) is 77.6 Å². The maximum absolute atomic E-state index is 12.4. The Balaban J connectivity index is 1.53. The van der Waals surface area contributed by atoms with E-state index in [9.17, 15) is 4.79 Å². The summed E-state index contributed by atoms with van der Waals surface area (Å²) in [6.07, 6.45) is 11.5. The zero-order chi connectivity index (χ0) is 21.2. The van der Waals surface area contributed by atoms with Crippen molar-refractivity contribution in [3.8, 4) is 17.1 Å². The molecule has 0 bridgehead atoms. The minimum Gasteiger partial charge on any atom is -0.402 e. The van der Waals surface area contributed by atoms with Gasteiger partial charge in [0.1, 0.15) is 0 Å². The lowest BCUT2D eigenvalue weighted by Gasteiger charge is -2.06. The van der Waals surface area contributed by atoms with E-state index in [2.05, 4.69) is 35.9 Å². The number of ether oxygens (including phenoxy) is 1. The number of nitrogens with zero attached hydrogens (tertiary/aromatic N) is 2. The fourth-order valence-corrected chi connectivity index (χ4v) is 3.32. The van der Waals surface area contributed by atoms with Gasteiger partial charge < -0.3 is 4.74 Å². The molecule has 156 valence electrons. The monoisotopic (exact) mass is 402 g/mol. The van der Waals surface area contributed by atoms with Crippen molar-refractivity contribution >= 4 is 5.97 Å². The molecule has 4 nitrogen and oxygen atoms in total. The quantitative estimate of drug-likeness (QED) is 0.289. The number of benzene rings is 2. The van der Waals surface area contributed by atoms with Crippen molar-refractivity contribution in [2.24, 2.45) is 0 Å². The lowest BCUT2D eigenvalue weighted by molar-refractivity contribution is 0.0727. The Labute approximate surface area is 179 Å². The molecule has 0 aliphatic rings. The predicted octanol–water partition coefficient (Wildman–Crippen LogP) is 6.44. The van der Waals surface area contributed by atoms with Crippen LogP contribution in [-0.2, 0) is 12.8 Å². The van der Waals surface area contributed by atoms with Gasteiger partial charge in [0.15, 0.2) is 0 Å². The third kappa shape index (κ3) is 6.24. The van der Waals surface area contributed by atoms with Crippen LogP contribution in [0.5, 0.6) is 5.88 Å². The minimum absolute atomic E-state index is 0.203. The summed E-state index contributed by atoms with van der Waals surface area (Å²) in [6.45, 7) is 4.35. The van der Waals surface area contributed by atoms with Gasteiger partial charge in [-0.2, -0.15) is 0 Å². The number of aryl methyl sites for hydroxylation is 2. The van der Waals surface area contributed by atoms with Gasteiger partial charge in [0.2, 0.25) is 5.88 Å². The number of esters is 1. The molecule has 3 rings (SSSR count). The van der Waals surface area contributed by atoms with Crippen LogP contribution in [0.3, 0.4) is 0 Å². The number of rotatable bonds is 10. The summed E-state index contributed by atoms with van der Waals surface area (Å²) < 4.78 is 5.38. The molecule has 0 atom stereocenters. The van der Waals surface area contributed by atoms with Crippen LogP contribution < -0.4 is 4.74 Å². The Morgan fingerprint density at radius 2 is 1.50 bits per heavy atom. The van der Waals surface area contributed by atoms with Gasteiger partial charge in [-0.05, 0) is 42.5 Å². The van der Waals surface area contributed by atoms with E-state index in [1.807, 2.05) is 36.4 Å². The summed E-state index contributed by atoms with van der Waals surface area (Å²) in [5, 5.41) is 0. The number of hydrogen-bond acceptors (Lipinski definition) is 4. The third-order valence-electron chi connectivity index (χ3n) is 5.24. The van der Waals surface area contributed by atoms with Gasteiger partial charge in [0.05, 0.1) is 23.7 Å². The summed E-state index contributed by atoms with van der Waals surface area (Å²) in [5.41, 5.74) is 4.79. The Hall–Kier alpha value is -3.01. The lowest BCUT2D eigenvalue weighted by Crippen LogP contribution is -2.09. The Morgan fingerprint density at radius 3 is 2.13 bits per heavy atom. The fourth-order valence-electron chi connectivity index (χ4n) is 3.32. The van der Waals surface area contributed by atoms with E-state index in [-0.39, 0.29) is 5.88 Å². The highest BCUT2D eigenvalue weighted by Crippen LogP contribution is 2.19. The van der Waals surface area contributed by atoms with Crippen LogP contribution in [0.15, 0.2) is 60.9 Å². The molecule has 0 aliphatic carbocycles. The summed E-state index contributed by atoms with van der Waals surface area (Å²) in [5.74, 6) is -0.215. The second kappa shape index (κ2) is 11.2. The molecule has 2 aromatic carbocycles. The highest BCUT2D eigenvalue weighted by Gasteiger charge is 2.10. The number of aromatic nitrogens is 2. The van der Waals surface area contributed by atoms with E-state index in [1.165, 1.54) is 49.4 Å². The molecule has 0 fully saturated rings. The van der Waals surface area contributed by atoms with E-state index >= 15 is 0 Å². The van der Waals surface area contributed by atoms with Crippen molar-refractivity contribution in [2.45, 2.75) is 58.8 Å². The van der Waals surface area contributed by atoms with Crippen LogP contribution in [0.4, 0.5) is 0 Å². The van der Waals surface area contributed by atoms with Crippen LogP contribution in [0, 0.1) is 0 Å². The summed E-state index contributed by atoms with van der Waals surface area (Å²) in [7, 11) is 0. The van der Waals surface area contributed by atoms with E-state index in [4.69, 9.17) is 4.74 Å². The zero-order valence-electron chi connectivity index (χ0n) is 17.9. The largest absolute Gasteiger partial charge is 0.402 e.